The van der Waals surface area contributed by atoms with Gasteiger partial charge < -0.3 is 9.72 Å². The molecule has 3 rings (SSSR count). The lowest BCUT2D eigenvalue weighted by Crippen LogP contribution is -2.04. The molecular weight excluding hydrogens is 238 g/mol. The molecule has 0 aliphatic heterocycles. The average molecular weight is 253 g/mol. The summed E-state index contributed by atoms with van der Waals surface area (Å²) < 4.78 is 5.14. The molecule has 0 amide bonds. The SMILES string of the molecule is CCOC(=O)c1cccc2[nH]c3cccc(C)c3c12. The molecule has 0 spiro atoms. The number of hydrogen-bond acceptors (Lipinski definition) is 2. The van der Waals surface area contributed by atoms with E-state index in [-0.39, 0.29) is 5.97 Å². The topological polar surface area (TPSA) is 42.1 Å². The van der Waals surface area contributed by atoms with Crippen LogP contribution in [0.4, 0.5) is 0 Å². The van der Waals surface area contributed by atoms with Crippen LogP contribution in [0.3, 0.4) is 0 Å². The van der Waals surface area contributed by atoms with E-state index in [4.69, 9.17) is 4.74 Å². The molecular formula is C16H15NO2. The average Bonchev–Trinajstić information content (AvgIpc) is 2.78. The van der Waals surface area contributed by atoms with Gasteiger partial charge >= 0.3 is 5.97 Å². The number of esters is 1. The second kappa shape index (κ2) is 4.43. The van der Waals surface area contributed by atoms with Gasteiger partial charge in [0.1, 0.15) is 0 Å². The molecule has 0 saturated heterocycles. The molecule has 3 nitrogen and oxygen atoms in total. The van der Waals surface area contributed by atoms with Crippen LogP contribution in [0, 0.1) is 6.92 Å². The van der Waals surface area contributed by atoms with Gasteiger partial charge in [0.05, 0.1) is 12.2 Å². The van der Waals surface area contributed by atoms with E-state index in [0.29, 0.717) is 12.2 Å². The summed E-state index contributed by atoms with van der Waals surface area (Å²) in [4.78, 5) is 15.4. The van der Waals surface area contributed by atoms with Gasteiger partial charge in [-0.15, -0.1) is 0 Å². The van der Waals surface area contributed by atoms with Crippen LogP contribution in [-0.4, -0.2) is 17.6 Å². The standard InChI is InChI=1S/C16H15NO2/c1-3-19-16(18)11-7-5-9-13-15(11)14-10(2)6-4-8-12(14)17-13/h4-9,17H,3H2,1-2H3. The van der Waals surface area contributed by atoms with E-state index in [2.05, 4.69) is 18.0 Å². The first-order valence-electron chi connectivity index (χ1n) is 6.39. The summed E-state index contributed by atoms with van der Waals surface area (Å²) in [5, 5.41) is 2.05. The van der Waals surface area contributed by atoms with E-state index in [0.717, 1.165) is 27.4 Å². The summed E-state index contributed by atoms with van der Waals surface area (Å²) in [6, 6.07) is 11.8. The number of benzene rings is 2. The maximum absolute atomic E-state index is 12.1. The number of carbonyl (C=O) groups excluding carboxylic acids is 1. The zero-order valence-corrected chi connectivity index (χ0v) is 11.0. The number of nitrogens with one attached hydrogen (secondary N) is 1. The second-order valence-corrected chi connectivity index (χ2v) is 4.57. The third-order valence-corrected chi connectivity index (χ3v) is 3.35. The molecule has 0 saturated carbocycles. The van der Waals surface area contributed by atoms with Crippen LogP contribution < -0.4 is 0 Å². The number of aryl methyl sites for hydroxylation is 1. The van der Waals surface area contributed by atoms with Crippen molar-refractivity contribution in [1.82, 2.24) is 4.98 Å². The zero-order chi connectivity index (χ0) is 13.4. The van der Waals surface area contributed by atoms with Gasteiger partial charge in [0.2, 0.25) is 0 Å². The number of rotatable bonds is 2. The Bertz CT molecular complexity index is 771. The first-order chi connectivity index (χ1) is 9.22. The zero-order valence-electron chi connectivity index (χ0n) is 11.0. The van der Waals surface area contributed by atoms with E-state index in [1.807, 2.05) is 37.3 Å². The van der Waals surface area contributed by atoms with Crippen molar-refractivity contribution in [2.75, 3.05) is 6.61 Å². The summed E-state index contributed by atoms with van der Waals surface area (Å²) in [6.07, 6.45) is 0. The van der Waals surface area contributed by atoms with Crippen molar-refractivity contribution >= 4 is 27.8 Å². The van der Waals surface area contributed by atoms with Crippen LogP contribution in [0.5, 0.6) is 0 Å². The third kappa shape index (κ3) is 1.78. The highest BCUT2D eigenvalue weighted by Gasteiger charge is 2.15. The number of hydrogen-bond donors (Lipinski definition) is 1. The third-order valence-electron chi connectivity index (χ3n) is 3.35. The minimum atomic E-state index is -0.266. The molecule has 1 N–H and O–H groups in total. The lowest BCUT2D eigenvalue weighted by molar-refractivity contribution is 0.0529. The normalized spacial score (nSPS) is 11.1. The quantitative estimate of drug-likeness (QED) is 0.706. The van der Waals surface area contributed by atoms with Crippen LogP contribution in [0.25, 0.3) is 21.8 Å². The Morgan fingerprint density at radius 2 is 1.79 bits per heavy atom. The molecule has 2 aromatic carbocycles. The van der Waals surface area contributed by atoms with Crippen molar-refractivity contribution < 1.29 is 9.53 Å². The van der Waals surface area contributed by atoms with Gasteiger partial charge in [-0.3, -0.25) is 0 Å². The van der Waals surface area contributed by atoms with Crippen molar-refractivity contribution in [2.24, 2.45) is 0 Å². The fraction of sp³-hybridized carbons (Fsp3) is 0.188. The summed E-state index contributed by atoms with van der Waals surface area (Å²) in [5.74, 6) is -0.266. The molecule has 0 bridgehead atoms. The van der Waals surface area contributed by atoms with Crippen LogP contribution in [0.15, 0.2) is 36.4 Å². The number of carbonyl (C=O) groups is 1. The molecule has 96 valence electrons. The van der Waals surface area contributed by atoms with Gasteiger partial charge in [0, 0.05) is 21.8 Å². The Kier molecular flexibility index (Phi) is 2.75. The predicted molar refractivity (Wildman–Crippen MR) is 76.5 cm³/mol. The first-order valence-corrected chi connectivity index (χ1v) is 6.39. The van der Waals surface area contributed by atoms with Gasteiger partial charge in [-0.05, 0) is 37.6 Å². The molecule has 1 aromatic heterocycles. The molecule has 0 radical (unpaired) electrons. The Morgan fingerprint density at radius 1 is 1.11 bits per heavy atom. The van der Waals surface area contributed by atoms with Crippen molar-refractivity contribution in [3.63, 3.8) is 0 Å². The number of aromatic nitrogens is 1. The first kappa shape index (κ1) is 11.8. The molecule has 3 aromatic rings. The van der Waals surface area contributed by atoms with Crippen LogP contribution in [0.2, 0.25) is 0 Å². The maximum atomic E-state index is 12.1. The summed E-state index contributed by atoms with van der Waals surface area (Å²) in [6.45, 7) is 4.26. The fourth-order valence-electron chi connectivity index (χ4n) is 2.55. The van der Waals surface area contributed by atoms with Gasteiger partial charge in [0.15, 0.2) is 0 Å². The number of aromatic amines is 1. The van der Waals surface area contributed by atoms with E-state index in [9.17, 15) is 4.79 Å². The molecule has 1 heterocycles. The van der Waals surface area contributed by atoms with Crippen molar-refractivity contribution in [1.29, 1.82) is 0 Å². The van der Waals surface area contributed by atoms with E-state index >= 15 is 0 Å². The Morgan fingerprint density at radius 3 is 2.53 bits per heavy atom. The van der Waals surface area contributed by atoms with Gasteiger partial charge in [0.25, 0.3) is 0 Å². The van der Waals surface area contributed by atoms with Crippen molar-refractivity contribution in [2.45, 2.75) is 13.8 Å². The van der Waals surface area contributed by atoms with Crippen molar-refractivity contribution in [3.05, 3.63) is 47.5 Å². The summed E-state index contributed by atoms with van der Waals surface area (Å²) in [5.41, 5.74) is 3.79. The van der Waals surface area contributed by atoms with Crippen LogP contribution >= 0.6 is 0 Å². The van der Waals surface area contributed by atoms with Gasteiger partial charge in [-0.25, -0.2) is 4.79 Å². The largest absolute Gasteiger partial charge is 0.462 e. The van der Waals surface area contributed by atoms with Gasteiger partial charge in [-0.1, -0.05) is 18.2 Å². The summed E-state index contributed by atoms with van der Waals surface area (Å²) >= 11 is 0. The predicted octanol–water partition coefficient (Wildman–Crippen LogP) is 3.81. The lowest BCUT2D eigenvalue weighted by Gasteiger charge is -2.04. The van der Waals surface area contributed by atoms with Crippen molar-refractivity contribution in [3.8, 4) is 0 Å². The fourth-order valence-corrected chi connectivity index (χ4v) is 2.55. The molecule has 0 atom stereocenters. The van der Waals surface area contributed by atoms with Gasteiger partial charge in [-0.2, -0.15) is 0 Å². The Hall–Kier alpha value is -2.29. The highest BCUT2D eigenvalue weighted by molar-refractivity contribution is 6.17. The summed E-state index contributed by atoms with van der Waals surface area (Å²) in [7, 11) is 0. The van der Waals surface area contributed by atoms with E-state index in [1.54, 1.807) is 0 Å². The molecule has 0 aliphatic carbocycles. The highest BCUT2D eigenvalue weighted by atomic mass is 16.5. The number of H-pyrrole nitrogens is 1. The minimum Gasteiger partial charge on any atom is -0.462 e. The Labute approximate surface area is 111 Å². The second-order valence-electron chi connectivity index (χ2n) is 4.57. The Balaban J connectivity index is 2.40. The minimum absolute atomic E-state index is 0.266. The lowest BCUT2D eigenvalue weighted by atomic mass is 10.0. The maximum Gasteiger partial charge on any atom is 0.338 e. The molecule has 0 fully saturated rings. The molecule has 0 unspecified atom stereocenters. The molecule has 3 heteroatoms. The van der Waals surface area contributed by atoms with E-state index < -0.39 is 0 Å². The van der Waals surface area contributed by atoms with Crippen LogP contribution in [-0.2, 0) is 4.74 Å². The van der Waals surface area contributed by atoms with Crippen LogP contribution in [0.1, 0.15) is 22.8 Å². The highest BCUT2D eigenvalue weighted by Crippen LogP contribution is 2.31. The smallest absolute Gasteiger partial charge is 0.338 e. The number of ether oxygens (including phenoxy) is 1. The monoisotopic (exact) mass is 253 g/mol. The number of fused-ring (bicyclic) bond motifs is 3. The molecule has 0 aliphatic rings. The molecule has 19 heavy (non-hydrogen) atoms. The van der Waals surface area contributed by atoms with E-state index in [1.165, 1.54) is 0 Å².